The number of nitrogens with one attached hydrogen (secondary N) is 2. The third-order valence-corrected chi connectivity index (χ3v) is 2.98. The minimum Gasteiger partial charge on any atom is -0.479 e. The number of carboxylic acid groups (broad SMARTS) is 1. The predicted molar refractivity (Wildman–Crippen MR) is 76.0 cm³/mol. The van der Waals surface area contributed by atoms with Crippen molar-refractivity contribution in [3.8, 4) is 0 Å². The minimum absolute atomic E-state index is 0.157. The first-order chi connectivity index (χ1) is 10.0. The molecule has 0 radical (unpaired) electrons. The molecule has 0 fully saturated rings. The molecule has 0 bridgehead atoms. The van der Waals surface area contributed by atoms with Crippen molar-refractivity contribution in [3.63, 3.8) is 0 Å². The average molecular weight is 298 g/mol. The summed E-state index contributed by atoms with van der Waals surface area (Å²) in [4.78, 5) is 23.1. The Morgan fingerprint density at radius 1 is 1.43 bits per heavy atom. The fraction of sp³-hybridized carbons (Fsp3) is 0.571. The van der Waals surface area contributed by atoms with E-state index in [4.69, 9.17) is 9.15 Å². The van der Waals surface area contributed by atoms with Crippen LogP contribution in [0.4, 0.5) is 4.79 Å². The summed E-state index contributed by atoms with van der Waals surface area (Å²) in [7, 11) is 0. The summed E-state index contributed by atoms with van der Waals surface area (Å²) in [6.07, 6.45) is 3.38. The normalized spacial score (nSPS) is 13.4. The summed E-state index contributed by atoms with van der Waals surface area (Å²) in [5.74, 6) is -1.05. The molecule has 1 heterocycles. The Labute approximate surface area is 123 Å². The molecule has 0 aliphatic rings. The lowest BCUT2D eigenvalue weighted by atomic mass is 9.99. The van der Waals surface area contributed by atoms with Gasteiger partial charge in [-0.3, -0.25) is 0 Å². The van der Waals surface area contributed by atoms with E-state index in [1.807, 2.05) is 0 Å². The van der Waals surface area contributed by atoms with Gasteiger partial charge in [-0.25, -0.2) is 9.59 Å². The summed E-state index contributed by atoms with van der Waals surface area (Å²) in [6, 6.07) is 2.48. The van der Waals surface area contributed by atoms with E-state index in [1.165, 1.54) is 19.3 Å². The van der Waals surface area contributed by atoms with E-state index in [2.05, 4.69) is 17.6 Å². The van der Waals surface area contributed by atoms with Crippen molar-refractivity contribution >= 4 is 12.0 Å². The lowest BCUT2D eigenvalue weighted by molar-refractivity contribution is -0.144. The Bertz CT molecular complexity index is 446. The van der Waals surface area contributed by atoms with Gasteiger partial charge < -0.3 is 24.9 Å². The average Bonchev–Trinajstić information content (AvgIpc) is 2.97. The fourth-order valence-electron chi connectivity index (χ4n) is 1.64. The van der Waals surface area contributed by atoms with E-state index < -0.39 is 17.5 Å². The van der Waals surface area contributed by atoms with E-state index in [0.717, 1.165) is 12.8 Å². The quantitative estimate of drug-likeness (QED) is 0.602. The first-order valence-electron chi connectivity index (χ1n) is 6.92. The number of aliphatic carboxylic acids is 1. The summed E-state index contributed by atoms with van der Waals surface area (Å²) >= 11 is 0. The molecule has 1 atom stereocenters. The van der Waals surface area contributed by atoms with Crippen LogP contribution in [-0.4, -0.2) is 36.9 Å². The smallest absolute Gasteiger partial charge is 0.337 e. The van der Waals surface area contributed by atoms with E-state index in [0.29, 0.717) is 19.8 Å². The van der Waals surface area contributed by atoms with Crippen molar-refractivity contribution in [1.29, 1.82) is 0 Å². The van der Waals surface area contributed by atoms with Crippen molar-refractivity contribution in [2.45, 2.75) is 32.2 Å². The third-order valence-electron chi connectivity index (χ3n) is 2.98. The van der Waals surface area contributed by atoms with Crippen LogP contribution in [0.1, 0.15) is 32.4 Å². The Hall–Kier alpha value is -2.02. The predicted octanol–water partition coefficient (Wildman–Crippen LogP) is 1.70. The zero-order chi connectivity index (χ0) is 15.7. The van der Waals surface area contributed by atoms with Crippen LogP contribution >= 0.6 is 0 Å². The van der Waals surface area contributed by atoms with Gasteiger partial charge in [-0.2, -0.15) is 0 Å². The second kappa shape index (κ2) is 8.31. The minimum atomic E-state index is -1.61. The number of hydrogen-bond donors (Lipinski definition) is 3. The SMILES string of the molecule is CCCCOCCNC(=O)NC(C)(C(=O)O)c1ccco1. The van der Waals surface area contributed by atoms with Crippen molar-refractivity contribution in [2.75, 3.05) is 19.8 Å². The number of carbonyl (C=O) groups excluding carboxylic acids is 1. The molecule has 0 aliphatic carbocycles. The van der Waals surface area contributed by atoms with Gasteiger partial charge in [-0.15, -0.1) is 0 Å². The molecule has 0 aromatic carbocycles. The second-order valence-corrected chi connectivity index (χ2v) is 4.75. The number of furan rings is 1. The zero-order valence-electron chi connectivity index (χ0n) is 12.3. The molecule has 3 N–H and O–H groups in total. The molecule has 2 amide bonds. The van der Waals surface area contributed by atoms with Gasteiger partial charge in [0, 0.05) is 13.2 Å². The third kappa shape index (κ3) is 5.11. The molecule has 0 saturated heterocycles. The van der Waals surface area contributed by atoms with Gasteiger partial charge in [-0.1, -0.05) is 13.3 Å². The van der Waals surface area contributed by atoms with E-state index in [-0.39, 0.29) is 5.76 Å². The van der Waals surface area contributed by atoms with Gasteiger partial charge in [0.25, 0.3) is 0 Å². The summed E-state index contributed by atoms with van der Waals surface area (Å²) in [6.45, 7) is 4.78. The molecule has 21 heavy (non-hydrogen) atoms. The number of ether oxygens (including phenoxy) is 1. The second-order valence-electron chi connectivity index (χ2n) is 4.75. The highest BCUT2D eigenvalue weighted by Crippen LogP contribution is 2.21. The standard InChI is InChI=1S/C14H22N2O5/c1-3-4-8-20-10-7-15-13(19)16-14(2,12(17)18)11-6-5-9-21-11/h5-6,9H,3-4,7-8,10H2,1-2H3,(H,17,18)(H2,15,16,19). The van der Waals surface area contributed by atoms with Crippen LogP contribution in [0, 0.1) is 0 Å². The Kier molecular flexibility index (Phi) is 6.74. The highest BCUT2D eigenvalue weighted by atomic mass is 16.5. The number of urea groups is 1. The monoisotopic (exact) mass is 298 g/mol. The van der Waals surface area contributed by atoms with E-state index in [1.54, 1.807) is 6.07 Å². The largest absolute Gasteiger partial charge is 0.479 e. The molecule has 0 spiro atoms. The Morgan fingerprint density at radius 3 is 2.76 bits per heavy atom. The molecule has 0 aliphatic heterocycles. The van der Waals surface area contributed by atoms with Crippen LogP contribution in [-0.2, 0) is 15.1 Å². The first kappa shape index (κ1) is 17.0. The summed E-state index contributed by atoms with van der Waals surface area (Å²) in [5.41, 5.74) is -1.61. The molecule has 1 aromatic heterocycles. The lowest BCUT2D eigenvalue weighted by Crippen LogP contribution is -2.53. The highest BCUT2D eigenvalue weighted by molar-refractivity contribution is 5.86. The van der Waals surface area contributed by atoms with Gasteiger partial charge in [-0.05, 0) is 25.5 Å². The number of carboxylic acids is 1. The maximum absolute atomic E-state index is 11.8. The van der Waals surface area contributed by atoms with Gasteiger partial charge in [0.1, 0.15) is 5.76 Å². The molecule has 7 heteroatoms. The number of carbonyl (C=O) groups is 2. The zero-order valence-corrected chi connectivity index (χ0v) is 12.3. The molecule has 118 valence electrons. The lowest BCUT2D eigenvalue weighted by Gasteiger charge is -2.24. The topological polar surface area (TPSA) is 101 Å². The van der Waals surface area contributed by atoms with Crippen LogP contribution < -0.4 is 10.6 Å². The summed E-state index contributed by atoms with van der Waals surface area (Å²) in [5, 5.41) is 14.2. The Balaban J connectivity index is 2.42. The van der Waals surface area contributed by atoms with Gasteiger partial charge in [0.15, 0.2) is 5.54 Å². The molecular formula is C14H22N2O5. The van der Waals surface area contributed by atoms with Crippen LogP contribution in [0.15, 0.2) is 22.8 Å². The Morgan fingerprint density at radius 2 is 2.19 bits per heavy atom. The van der Waals surface area contributed by atoms with E-state index in [9.17, 15) is 14.7 Å². The molecular weight excluding hydrogens is 276 g/mol. The number of rotatable bonds is 9. The first-order valence-corrected chi connectivity index (χ1v) is 6.92. The van der Waals surface area contributed by atoms with Gasteiger partial charge in [0.05, 0.1) is 12.9 Å². The maximum atomic E-state index is 11.8. The van der Waals surface area contributed by atoms with Crippen molar-refractivity contribution in [3.05, 3.63) is 24.2 Å². The number of hydrogen-bond acceptors (Lipinski definition) is 4. The number of unbranched alkanes of at least 4 members (excludes halogenated alkanes) is 1. The van der Waals surface area contributed by atoms with Crippen molar-refractivity contribution in [1.82, 2.24) is 10.6 Å². The van der Waals surface area contributed by atoms with E-state index >= 15 is 0 Å². The molecule has 1 unspecified atom stereocenters. The maximum Gasteiger partial charge on any atom is 0.337 e. The highest BCUT2D eigenvalue weighted by Gasteiger charge is 2.39. The van der Waals surface area contributed by atoms with Crippen LogP contribution in [0.5, 0.6) is 0 Å². The molecule has 7 nitrogen and oxygen atoms in total. The van der Waals surface area contributed by atoms with Crippen LogP contribution in [0.25, 0.3) is 0 Å². The number of amides is 2. The molecule has 1 rings (SSSR count). The van der Waals surface area contributed by atoms with Crippen molar-refractivity contribution < 1.29 is 23.8 Å². The van der Waals surface area contributed by atoms with Crippen LogP contribution in [0.2, 0.25) is 0 Å². The van der Waals surface area contributed by atoms with Crippen molar-refractivity contribution in [2.24, 2.45) is 0 Å². The fourth-order valence-corrected chi connectivity index (χ4v) is 1.64. The summed E-state index contributed by atoms with van der Waals surface area (Å²) < 4.78 is 10.4. The van der Waals surface area contributed by atoms with Gasteiger partial charge in [0.2, 0.25) is 0 Å². The van der Waals surface area contributed by atoms with Gasteiger partial charge >= 0.3 is 12.0 Å². The molecule has 1 aromatic rings. The van der Waals surface area contributed by atoms with Crippen LogP contribution in [0.3, 0.4) is 0 Å². The molecule has 0 saturated carbocycles.